The second-order valence-corrected chi connectivity index (χ2v) is 4.88. The molecule has 0 aliphatic rings. The van der Waals surface area contributed by atoms with E-state index in [4.69, 9.17) is 0 Å². The third kappa shape index (κ3) is 1.70. The minimum atomic E-state index is 0.457. The highest BCUT2D eigenvalue weighted by Crippen LogP contribution is 2.29. The smallest absolute Gasteiger partial charge is 0.166 e. The van der Waals surface area contributed by atoms with Crippen LogP contribution in [0, 0.1) is 11.3 Å². The van der Waals surface area contributed by atoms with Crippen LogP contribution in [0.5, 0.6) is 0 Å². The van der Waals surface area contributed by atoms with Crippen molar-refractivity contribution in [2.45, 2.75) is 0 Å². The van der Waals surface area contributed by atoms with Crippen molar-refractivity contribution >= 4 is 16.3 Å². The van der Waals surface area contributed by atoms with Crippen molar-refractivity contribution in [3.63, 3.8) is 0 Å². The molecule has 3 nitrogen and oxygen atoms in total. The summed E-state index contributed by atoms with van der Waals surface area (Å²) in [4.78, 5) is 4.53. The maximum Gasteiger partial charge on any atom is 0.166 e. The summed E-state index contributed by atoms with van der Waals surface area (Å²) in [6.45, 7) is 0. The summed E-state index contributed by atoms with van der Waals surface area (Å²) >= 11 is 0. The Labute approximate surface area is 121 Å². The normalized spacial score (nSPS) is 10.8. The zero-order valence-electron chi connectivity index (χ0n) is 11.2. The van der Waals surface area contributed by atoms with Crippen LogP contribution in [-0.2, 0) is 0 Å². The van der Waals surface area contributed by atoms with Crippen LogP contribution in [0.1, 0.15) is 5.69 Å². The SMILES string of the molecule is N#Cc1nc(-c2cccc3ccccc23)n2ccccc12. The van der Waals surface area contributed by atoms with Crippen LogP contribution >= 0.6 is 0 Å². The van der Waals surface area contributed by atoms with Gasteiger partial charge in [-0.15, -0.1) is 0 Å². The second-order valence-electron chi connectivity index (χ2n) is 4.88. The lowest BCUT2D eigenvalue weighted by Crippen LogP contribution is -1.89. The van der Waals surface area contributed by atoms with Crippen LogP contribution in [0.2, 0.25) is 0 Å². The molecule has 3 heteroatoms. The van der Waals surface area contributed by atoms with Gasteiger partial charge in [-0.05, 0) is 22.9 Å². The zero-order valence-corrected chi connectivity index (χ0v) is 11.2. The molecule has 2 heterocycles. The van der Waals surface area contributed by atoms with Crippen LogP contribution in [0.25, 0.3) is 27.7 Å². The number of nitriles is 1. The minimum absolute atomic E-state index is 0.457. The summed E-state index contributed by atoms with van der Waals surface area (Å²) in [6, 6.07) is 22.3. The third-order valence-corrected chi connectivity index (χ3v) is 3.68. The summed E-state index contributed by atoms with van der Waals surface area (Å²) in [5, 5.41) is 11.6. The lowest BCUT2D eigenvalue weighted by Gasteiger charge is -2.05. The fourth-order valence-corrected chi connectivity index (χ4v) is 2.73. The van der Waals surface area contributed by atoms with Crippen molar-refractivity contribution in [2.75, 3.05) is 0 Å². The van der Waals surface area contributed by atoms with E-state index >= 15 is 0 Å². The van der Waals surface area contributed by atoms with Gasteiger partial charge in [0, 0.05) is 11.8 Å². The van der Waals surface area contributed by atoms with Crippen LogP contribution in [-0.4, -0.2) is 9.38 Å². The number of rotatable bonds is 1. The Hall–Kier alpha value is -3.12. The Morgan fingerprint density at radius 1 is 0.905 bits per heavy atom. The first-order valence-corrected chi connectivity index (χ1v) is 6.74. The van der Waals surface area contributed by atoms with Gasteiger partial charge in [0.05, 0.1) is 5.52 Å². The molecule has 2 aromatic carbocycles. The summed E-state index contributed by atoms with van der Waals surface area (Å²) in [5.74, 6) is 0.805. The molecule has 0 fully saturated rings. The summed E-state index contributed by atoms with van der Waals surface area (Å²) in [5.41, 5.74) is 2.33. The molecule has 98 valence electrons. The van der Waals surface area contributed by atoms with Gasteiger partial charge in [0.15, 0.2) is 5.69 Å². The molecular weight excluding hydrogens is 258 g/mol. The molecule has 0 spiro atoms. The fraction of sp³-hybridized carbons (Fsp3) is 0. The van der Waals surface area contributed by atoms with E-state index in [0.29, 0.717) is 5.69 Å². The summed E-state index contributed by atoms with van der Waals surface area (Å²) in [7, 11) is 0. The van der Waals surface area contributed by atoms with Gasteiger partial charge >= 0.3 is 0 Å². The number of aromatic nitrogens is 2. The molecule has 4 rings (SSSR count). The van der Waals surface area contributed by atoms with Gasteiger partial charge in [0.25, 0.3) is 0 Å². The Bertz CT molecular complexity index is 1000. The van der Waals surface area contributed by atoms with E-state index in [9.17, 15) is 5.26 Å². The molecule has 0 amide bonds. The first kappa shape index (κ1) is 11.7. The van der Waals surface area contributed by atoms with E-state index in [1.807, 2.05) is 53.1 Å². The predicted molar refractivity (Wildman–Crippen MR) is 82.8 cm³/mol. The molecule has 0 atom stereocenters. The molecule has 0 saturated heterocycles. The van der Waals surface area contributed by atoms with Crippen molar-refractivity contribution in [2.24, 2.45) is 0 Å². The van der Waals surface area contributed by atoms with Crippen LogP contribution in [0.3, 0.4) is 0 Å². The van der Waals surface area contributed by atoms with Crippen molar-refractivity contribution in [1.82, 2.24) is 9.38 Å². The molecule has 21 heavy (non-hydrogen) atoms. The topological polar surface area (TPSA) is 41.1 Å². The third-order valence-electron chi connectivity index (χ3n) is 3.68. The van der Waals surface area contributed by atoms with Gasteiger partial charge in [0.1, 0.15) is 11.9 Å². The van der Waals surface area contributed by atoms with Crippen molar-refractivity contribution < 1.29 is 0 Å². The van der Waals surface area contributed by atoms with Gasteiger partial charge in [-0.2, -0.15) is 5.26 Å². The molecule has 0 bridgehead atoms. The molecule has 0 aliphatic heterocycles. The number of nitrogens with zero attached hydrogens (tertiary/aromatic N) is 3. The van der Waals surface area contributed by atoms with Crippen molar-refractivity contribution in [3.05, 3.63) is 72.6 Å². The predicted octanol–water partition coefficient (Wildman–Crippen LogP) is 4.03. The second kappa shape index (κ2) is 4.46. The number of benzene rings is 2. The van der Waals surface area contributed by atoms with E-state index < -0.39 is 0 Å². The first-order chi connectivity index (χ1) is 10.4. The molecule has 0 unspecified atom stereocenters. The largest absolute Gasteiger partial charge is 0.298 e. The van der Waals surface area contributed by atoms with Gasteiger partial charge in [-0.3, -0.25) is 4.40 Å². The lowest BCUT2D eigenvalue weighted by atomic mass is 10.0. The minimum Gasteiger partial charge on any atom is -0.298 e. The van der Waals surface area contributed by atoms with Crippen molar-refractivity contribution in [1.29, 1.82) is 5.26 Å². The van der Waals surface area contributed by atoms with E-state index in [-0.39, 0.29) is 0 Å². The number of pyridine rings is 1. The standard InChI is InChI=1S/C18H11N3/c19-12-16-17-10-3-4-11-21(17)18(20-16)15-9-5-7-13-6-1-2-8-14(13)15/h1-11H. The summed E-state index contributed by atoms with van der Waals surface area (Å²) in [6.07, 6.45) is 1.94. The molecule has 2 aromatic heterocycles. The monoisotopic (exact) mass is 269 g/mol. The quantitative estimate of drug-likeness (QED) is 0.523. The molecule has 0 radical (unpaired) electrons. The molecular formula is C18H11N3. The zero-order chi connectivity index (χ0) is 14.2. The highest BCUT2D eigenvalue weighted by Gasteiger charge is 2.13. The number of hydrogen-bond acceptors (Lipinski definition) is 2. The maximum atomic E-state index is 9.28. The Morgan fingerprint density at radius 3 is 2.62 bits per heavy atom. The van der Waals surface area contributed by atoms with Gasteiger partial charge in [-0.1, -0.05) is 48.5 Å². The molecule has 0 aliphatic carbocycles. The lowest BCUT2D eigenvalue weighted by molar-refractivity contribution is 1.17. The Morgan fingerprint density at radius 2 is 1.71 bits per heavy atom. The molecule has 4 aromatic rings. The summed E-state index contributed by atoms with van der Waals surface area (Å²) < 4.78 is 1.97. The Balaban J connectivity index is 2.13. The first-order valence-electron chi connectivity index (χ1n) is 6.74. The highest BCUT2D eigenvalue weighted by atomic mass is 15.0. The molecule has 0 N–H and O–H groups in total. The van der Waals surface area contributed by atoms with Crippen LogP contribution < -0.4 is 0 Å². The van der Waals surface area contributed by atoms with Crippen molar-refractivity contribution in [3.8, 4) is 17.5 Å². The van der Waals surface area contributed by atoms with Gasteiger partial charge in [-0.25, -0.2) is 4.98 Å². The fourth-order valence-electron chi connectivity index (χ4n) is 2.73. The average molecular weight is 269 g/mol. The van der Waals surface area contributed by atoms with E-state index in [0.717, 1.165) is 22.3 Å². The Kier molecular flexibility index (Phi) is 2.48. The molecule has 0 saturated carbocycles. The number of fused-ring (bicyclic) bond motifs is 2. The number of imidazole rings is 1. The van der Waals surface area contributed by atoms with E-state index in [1.165, 1.54) is 5.39 Å². The maximum absolute atomic E-state index is 9.28. The van der Waals surface area contributed by atoms with E-state index in [1.54, 1.807) is 0 Å². The van der Waals surface area contributed by atoms with Crippen LogP contribution in [0.4, 0.5) is 0 Å². The van der Waals surface area contributed by atoms with Crippen LogP contribution in [0.15, 0.2) is 66.9 Å². The average Bonchev–Trinajstić information content (AvgIpc) is 2.93. The van der Waals surface area contributed by atoms with Gasteiger partial charge in [0.2, 0.25) is 0 Å². The highest BCUT2D eigenvalue weighted by molar-refractivity contribution is 5.95. The number of hydrogen-bond donors (Lipinski definition) is 0. The van der Waals surface area contributed by atoms with Gasteiger partial charge < -0.3 is 0 Å². The van der Waals surface area contributed by atoms with E-state index in [2.05, 4.69) is 29.3 Å².